The number of fused-ring (bicyclic) bond motifs is 1. The molecule has 2 heterocycles. The topological polar surface area (TPSA) is 79.0 Å². The Labute approximate surface area is 223 Å². The maximum Gasteiger partial charge on any atom is 0.315 e. The number of methoxy groups -OCH3 is 1. The monoisotopic (exact) mass is 580 g/mol. The molecule has 0 bridgehead atoms. The van der Waals surface area contributed by atoms with E-state index in [4.69, 9.17) is 21.3 Å². The molecule has 0 aliphatic carbocycles. The SMILES string of the molecule is COC(=O)CSc1cccc(-n2cnc3c(=O)n(-c4ccc(Cl)cc4)c(-c4ccc(Br)cc4)nc32)c1. The summed E-state index contributed by atoms with van der Waals surface area (Å²) in [5.74, 6) is 0.366. The van der Waals surface area contributed by atoms with Gasteiger partial charge in [0.2, 0.25) is 0 Å². The quantitative estimate of drug-likeness (QED) is 0.183. The van der Waals surface area contributed by atoms with Crippen molar-refractivity contribution in [1.82, 2.24) is 19.1 Å². The summed E-state index contributed by atoms with van der Waals surface area (Å²) in [5.41, 5.74) is 2.53. The van der Waals surface area contributed by atoms with E-state index < -0.39 is 0 Å². The number of aromatic nitrogens is 4. The maximum atomic E-state index is 13.7. The number of benzene rings is 3. The summed E-state index contributed by atoms with van der Waals surface area (Å²) < 4.78 is 8.96. The van der Waals surface area contributed by atoms with Gasteiger partial charge in [-0.15, -0.1) is 11.8 Å². The van der Waals surface area contributed by atoms with Crippen molar-refractivity contribution in [3.8, 4) is 22.8 Å². The van der Waals surface area contributed by atoms with Crippen LogP contribution in [0.2, 0.25) is 5.02 Å². The van der Waals surface area contributed by atoms with Crippen molar-refractivity contribution >= 4 is 56.4 Å². The minimum atomic E-state index is -0.304. The van der Waals surface area contributed by atoms with E-state index in [1.54, 1.807) is 39.7 Å². The van der Waals surface area contributed by atoms with Crippen LogP contribution in [0.1, 0.15) is 0 Å². The highest BCUT2D eigenvalue weighted by molar-refractivity contribution is 9.10. The van der Waals surface area contributed by atoms with Gasteiger partial charge in [0.25, 0.3) is 5.56 Å². The lowest BCUT2D eigenvalue weighted by molar-refractivity contribution is -0.137. The first-order chi connectivity index (χ1) is 17.4. The number of thioether (sulfide) groups is 1. The van der Waals surface area contributed by atoms with Crippen molar-refractivity contribution in [1.29, 1.82) is 0 Å². The van der Waals surface area contributed by atoms with Gasteiger partial charge in [0, 0.05) is 25.6 Å². The Morgan fingerprint density at radius 1 is 1.06 bits per heavy atom. The summed E-state index contributed by atoms with van der Waals surface area (Å²) in [6, 6.07) is 22.2. The highest BCUT2D eigenvalue weighted by Crippen LogP contribution is 2.27. The summed E-state index contributed by atoms with van der Waals surface area (Å²) in [5, 5.41) is 0.570. The third-order valence-corrected chi connectivity index (χ3v) is 7.19. The van der Waals surface area contributed by atoms with Gasteiger partial charge in [0.15, 0.2) is 11.2 Å². The second-order valence-corrected chi connectivity index (χ2v) is 10.1. The van der Waals surface area contributed by atoms with Crippen LogP contribution in [0.15, 0.2) is 93.3 Å². The van der Waals surface area contributed by atoms with E-state index in [2.05, 4.69) is 20.9 Å². The molecule has 0 aliphatic rings. The number of nitrogens with zero attached hydrogens (tertiary/aromatic N) is 4. The summed E-state index contributed by atoms with van der Waals surface area (Å²) in [6.07, 6.45) is 1.58. The molecular formula is C26H18BrClN4O3S. The smallest absolute Gasteiger partial charge is 0.315 e. The van der Waals surface area contributed by atoms with Gasteiger partial charge in [-0.3, -0.25) is 18.7 Å². The Morgan fingerprint density at radius 2 is 1.81 bits per heavy atom. The van der Waals surface area contributed by atoms with Gasteiger partial charge in [-0.2, -0.15) is 0 Å². The molecule has 0 radical (unpaired) electrons. The van der Waals surface area contributed by atoms with Crippen LogP contribution in [-0.4, -0.2) is 37.9 Å². The van der Waals surface area contributed by atoms with Crippen LogP contribution in [0, 0.1) is 0 Å². The normalized spacial score (nSPS) is 11.1. The van der Waals surface area contributed by atoms with E-state index in [1.165, 1.54) is 18.9 Å². The molecule has 2 aromatic heterocycles. The highest BCUT2D eigenvalue weighted by Gasteiger charge is 2.19. The van der Waals surface area contributed by atoms with Gasteiger partial charge in [-0.1, -0.05) is 45.7 Å². The third-order valence-electron chi connectivity index (χ3n) is 5.44. The number of rotatable bonds is 6. The largest absolute Gasteiger partial charge is 0.468 e. The Bertz CT molecular complexity index is 1630. The summed E-state index contributed by atoms with van der Waals surface area (Å²) in [7, 11) is 1.36. The molecule has 10 heteroatoms. The minimum absolute atomic E-state index is 0.197. The van der Waals surface area contributed by atoms with Gasteiger partial charge in [-0.05, 0) is 54.6 Å². The first-order valence-electron chi connectivity index (χ1n) is 10.8. The Balaban J connectivity index is 1.69. The molecule has 0 saturated carbocycles. The predicted molar refractivity (Wildman–Crippen MR) is 145 cm³/mol. The van der Waals surface area contributed by atoms with Crippen LogP contribution < -0.4 is 5.56 Å². The van der Waals surface area contributed by atoms with E-state index in [-0.39, 0.29) is 22.8 Å². The first-order valence-corrected chi connectivity index (χ1v) is 12.9. The van der Waals surface area contributed by atoms with E-state index in [0.29, 0.717) is 22.2 Å². The van der Waals surface area contributed by atoms with Gasteiger partial charge in [0.05, 0.1) is 18.6 Å². The van der Waals surface area contributed by atoms with Crippen LogP contribution in [0.4, 0.5) is 0 Å². The van der Waals surface area contributed by atoms with Gasteiger partial charge in [0.1, 0.15) is 12.2 Å². The fraction of sp³-hybridized carbons (Fsp3) is 0.0769. The summed E-state index contributed by atoms with van der Waals surface area (Å²) >= 11 is 10.9. The molecule has 5 aromatic rings. The lowest BCUT2D eigenvalue weighted by Gasteiger charge is -2.14. The Hall–Kier alpha value is -3.40. The maximum absolute atomic E-state index is 13.7. The number of hydrogen-bond acceptors (Lipinski definition) is 6. The molecule has 3 aromatic carbocycles. The highest BCUT2D eigenvalue weighted by atomic mass is 79.9. The molecule has 0 amide bonds. The molecule has 0 spiro atoms. The standard InChI is InChI=1S/C26H18BrClN4O3S/c1-35-22(33)14-36-21-4-2-3-20(13-21)31-15-29-23-25(31)30-24(16-5-7-17(27)8-6-16)32(26(23)34)19-11-9-18(28)10-12-19/h2-13,15H,14H2,1H3. The molecule has 180 valence electrons. The van der Waals surface area contributed by atoms with Crippen LogP contribution in [-0.2, 0) is 9.53 Å². The minimum Gasteiger partial charge on any atom is -0.468 e. The lowest BCUT2D eigenvalue weighted by atomic mass is 10.2. The van der Waals surface area contributed by atoms with Crippen LogP contribution in [0.5, 0.6) is 0 Å². The van der Waals surface area contributed by atoms with E-state index >= 15 is 0 Å². The van der Waals surface area contributed by atoms with E-state index in [9.17, 15) is 9.59 Å². The van der Waals surface area contributed by atoms with E-state index in [0.717, 1.165) is 20.6 Å². The molecule has 5 rings (SSSR count). The molecule has 7 nitrogen and oxygen atoms in total. The van der Waals surface area contributed by atoms with Crippen molar-refractivity contribution in [3.05, 3.63) is 99.0 Å². The molecular weight excluding hydrogens is 564 g/mol. The number of esters is 1. The molecule has 36 heavy (non-hydrogen) atoms. The fourth-order valence-corrected chi connectivity index (χ4v) is 4.86. The summed E-state index contributed by atoms with van der Waals surface area (Å²) in [6.45, 7) is 0. The lowest BCUT2D eigenvalue weighted by Crippen LogP contribution is -2.22. The van der Waals surface area contributed by atoms with Gasteiger partial charge < -0.3 is 4.74 Å². The van der Waals surface area contributed by atoms with Crippen molar-refractivity contribution in [3.63, 3.8) is 0 Å². The van der Waals surface area contributed by atoms with Crippen LogP contribution >= 0.6 is 39.3 Å². The van der Waals surface area contributed by atoms with E-state index in [1.807, 2.05) is 48.5 Å². The Morgan fingerprint density at radius 3 is 2.53 bits per heavy atom. The number of hydrogen-bond donors (Lipinski definition) is 0. The average molecular weight is 582 g/mol. The zero-order chi connectivity index (χ0) is 25.2. The van der Waals surface area contributed by atoms with Gasteiger partial charge in [-0.25, -0.2) is 9.97 Å². The Kier molecular flexibility index (Phi) is 6.95. The zero-order valence-corrected chi connectivity index (χ0v) is 22.0. The van der Waals surface area contributed by atoms with Crippen molar-refractivity contribution in [2.75, 3.05) is 12.9 Å². The second-order valence-electron chi connectivity index (χ2n) is 7.71. The molecule has 0 atom stereocenters. The molecule has 0 fully saturated rings. The number of ether oxygens (including phenoxy) is 1. The number of carbonyl (C=O) groups is 1. The summed E-state index contributed by atoms with van der Waals surface area (Å²) in [4.78, 5) is 35.5. The second kappa shape index (κ2) is 10.3. The zero-order valence-electron chi connectivity index (χ0n) is 18.9. The fourth-order valence-electron chi connectivity index (χ4n) is 3.69. The van der Waals surface area contributed by atoms with Crippen molar-refractivity contribution in [2.45, 2.75) is 4.90 Å². The number of halogens is 2. The molecule has 0 unspecified atom stereocenters. The van der Waals surface area contributed by atoms with Crippen molar-refractivity contribution in [2.24, 2.45) is 0 Å². The first kappa shape index (κ1) is 24.3. The third kappa shape index (κ3) is 4.82. The molecule has 0 saturated heterocycles. The van der Waals surface area contributed by atoms with Crippen LogP contribution in [0.3, 0.4) is 0 Å². The number of imidazole rings is 1. The number of carbonyl (C=O) groups excluding carboxylic acids is 1. The van der Waals surface area contributed by atoms with Crippen molar-refractivity contribution < 1.29 is 9.53 Å². The average Bonchev–Trinajstić information content (AvgIpc) is 3.33. The van der Waals surface area contributed by atoms with Gasteiger partial charge >= 0.3 is 5.97 Å². The molecule has 0 N–H and O–H groups in total. The predicted octanol–water partition coefficient (Wildman–Crippen LogP) is 5.92. The van der Waals surface area contributed by atoms with Crippen LogP contribution in [0.25, 0.3) is 33.9 Å². The molecule has 0 aliphatic heterocycles.